The van der Waals surface area contributed by atoms with Crippen LogP contribution < -0.4 is 10.6 Å². The van der Waals surface area contributed by atoms with Gasteiger partial charge in [0.05, 0.1) is 11.6 Å². The van der Waals surface area contributed by atoms with E-state index in [2.05, 4.69) is 15.6 Å². The normalized spacial score (nSPS) is 12.8. The number of carboxylic acid groups (broad SMARTS) is 1. The van der Waals surface area contributed by atoms with Crippen molar-refractivity contribution in [3.8, 4) is 0 Å². The van der Waals surface area contributed by atoms with Crippen molar-refractivity contribution in [1.82, 2.24) is 10.3 Å². The van der Waals surface area contributed by atoms with Crippen molar-refractivity contribution in [2.45, 2.75) is 33.1 Å². The molecule has 0 aliphatic carbocycles. The molecule has 1 rings (SSSR count). The molecule has 106 valence electrons. The number of carbonyl (C=O) groups is 2. The zero-order valence-corrected chi connectivity index (χ0v) is 12.3. The molecule has 0 aliphatic heterocycles. The molecule has 0 spiro atoms. The number of aromatic nitrogens is 1. The Morgan fingerprint density at radius 2 is 2.11 bits per heavy atom. The van der Waals surface area contributed by atoms with Crippen molar-refractivity contribution in [3.63, 3.8) is 0 Å². The summed E-state index contributed by atoms with van der Waals surface area (Å²) >= 11 is 1.35. The number of carboxylic acids is 1. The Kier molecular flexibility index (Phi) is 4.88. The third kappa shape index (κ3) is 4.86. The van der Waals surface area contributed by atoms with Crippen LogP contribution in [-0.4, -0.2) is 28.6 Å². The molecule has 0 saturated carbocycles. The second kappa shape index (κ2) is 6.01. The highest BCUT2D eigenvalue weighted by Crippen LogP contribution is 2.26. The molecule has 0 aliphatic rings. The Morgan fingerprint density at radius 3 is 2.58 bits per heavy atom. The first-order valence-electron chi connectivity index (χ1n) is 5.94. The van der Waals surface area contributed by atoms with E-state index >= 15 is 0 Å². The first-order chi connectivity index (χ1) is 8.70. The SMILES string of the molecule is CC(CNC(=O)Nc1nc(C(C)(C)C)cs1)C(=O)O. The van der Waals surface area contributed by atoms with Gasteiger partial charge in [0.2, 0.25) is 0 Å². The number of amides is 2. The van der Waals surface area contributed by atoms with Crippen molar-refractivity contribution in [1.29, 1.82) is 0 Å². The Balaban J connectivity index is 2.49. The van der Waals surface area contributed by atoms with Gasteiger partial charge >= 0.3 is 12.0 Å². The summed E-state index contributed by atoms with van der Waals surface area (Å²) in [6.45, 7) is 7.74. The lowest BCUT2D eigenvalue weighted by atomic mass is 9.93. The fourth-order valence-electron chi connectivity index (χ4n) is 1.15. The lowest BCUT2D eigenvalue weighted by molar-refractivity contribution is -0.140. The van der Waals surface area contributed by atoms with E-state index in [0.717, 1.165) is 5.69 Å². The Morgan fingerprint density at radius 1 is 1.47 bits per heavy atom. The zero-order valence-electron chi connectivity index (χ0n) is 11.5. The highest BCUT2D eigenvalue weighted by atomic mass is 32.1. The molecule has 0 saturated heterocycles. The third-order valence-electron chi connectivity index (χ3n) is 2.48. The minimum Gasteiger partial charge on any atom is -0.481 e. The molecule has 0 radical (unpaired) electrons. The zero-order chi connectivity index (χ0) is 14.6. The third-order valence-corrected chi connectivity index (χ3v) is 3.24. The van der Waals surface area contributed by atoms with Gasteiger partial charge in [-0.05, 0) is 0 Å². The molecule has 6 nitrogen and oxygen atoms in total. The summed E-state index contributed by atoms with van der Waals surface area (Å²) in [5.41, 5.74) is 0.844. The summed E-state index contributed by atoms with van der Waals surface area (Å²) in [6.07, 6.45) is 0. The Hall–Kier alpha value is -1.63. The molecule has 0 aromatic carbocycles. The van der Waals surface area contributed by atoms with Crippen LogP contribution in [0.4, 0.5) is 9.93 Å². The van der Waals surface area contributed by atoms with Crippen LogP contribution in [0.25, 0.3) is 0 Å². The molecule has 3 N–H and O–H groups in total. The fourth-order valence-corrected chi connectivity index (χ4v) is 2.08. The van der Waals surface area contributed by atoms with Crippen LogP contribution in [0.2, 0.25) is 0 Å². The minimum absolute atomic E-state index is 0.0648. The van der Waals surface area contributed by atoms with Crippen molar-refractivity contribution < 1.29 is 14.7 Å². The summed E-state index contributed by atoms with van der Waals surface area (Å²) in [7, 11) is 0. The molecule has 1 aromatic heterocycles. The number of urea groups is 1. The van der Waals surface area contributed by atoms with E-state index in [1.54, 1.807) is 0 Å². The number of hydrogen-bond acceptors (Lipinski definition) is 4. The number of thiazole rings is 1. The largest absolute Gasteiger partial charge is 0.481 e. The number of rotatable bonds is 4. The number of aliphatic carboxylic acids is 1. The monoisotopic (exact) mass is 285 g/mol. The van der Waals surface area contributed by atoms with Crippen LogP contribution in [0.3, 0.4) is 0 Å². The summed E-state index contributed by atoms with van der Waals surface area (Å²) in [4.78, 5) is 26.5. The first-order valence-corrected chi connectivity index (χ1v) is 6.82. The lowest BCUT2D eigenvalue weighted by Gasteiger charge is -2.14. The number of nitrogens with one attached hydrogen (secondary N) is 2. The quantitative estimate of drug-likeness (QED) is 0.791. The van der Waals surface area contributed by atoms with Gasteiger partial charge in [-0.3, -0.25) is 10.1 Å². The smallest absolute Gasteiger partial charge is 0.321 e. The molecule has 1 aromatic rings. The van der Waals surface area contributed by atoms with Gasteiger partial charge in [-0.15, -0.1) is 11.3 Å². The standard InChI is InChI=1S/C12H19N3O3S/c1-7(9(16)17)5-13-10(18)15-11-14-8(6-19-11)12(2,3)4/h6-7H,5H2,1-4H3,(H,16,17)(H2,13,14,15,18). The molecule has 7 heteroatoms. The summed E-state index contributed by atoms with van der Waals surface area (Å²) in [5, 5.41) is 16.2. The summed E-state index contributed by atoms with van der Waals surface area (Å²) in [6, 6.07) is -0.442. The van der Waals surface area contributed by atoms with Crippen LogP contribution in [0.5, 0.6) is 0 Å². The van der Waals surface area contributed by atoms with E-state index in [1.165, 1.54) is 18.3 Å². The number of carbonyl (C=O) groups excluding carboxylic acids is 1. The fraction of sp³-hybridized carbons (Fsp3) is 0.583. The van der Waals surface area contributed by atoms with E-state index in [0.29, 0.717) is 5.13 Å². The van der Waals surface area contributed by atoms with Crippen molar-refractivity contribution in [2.24, 2.45) is 5.92 Å². The topological polar surface area (TPSA) is 91.3 Å². The van der Waals surface area contributed by atoms with Crippen molar-refractivity contribution in [3.05, 3.63) is 11.1 Å². The second-order valence-corrected chi connectivity index (χ2v) is 6.22. The van der Waals surface area contributed by atoms with E-state index < -0.39 is 17.9 Å². The predicted molar refractivity (Wildman–Crippen MR) is 74.6 cm³/mol. The van der Waals surface area contributed by atoms with Gasteiger partial charge in [0.25, 0.3) is 0 Å². The maximum atomic E-state index is 11.5. The van der Waals surface area contributed by atoms with Crippen LogP contribution in [0.1, 0.15) is 33.4 Å². The molecule has 1 heterocycles. The van der Waals surface area contributed by atoms with Crippen molar-refractivity contribution >= 4 is 28.5 Å². The second-order valence-electron chi connectivity index (χ2n) is 5.36. The minimum atomic E-state index is -0.940. The summed E-state index contributed by atoms with van der Waals surface area (Å²) < 4.78 is 0. The number of nitrogens with zero attached hydrogens (tertiary/aromatic N) is 1. The predicted octanol–water partition coefficient (Wildman–Crippen LogP) is 2.28. The van der Waals surface area contributed by atoms with Gasteiger partial charge in [0.1, 0.15) is 0 Å². The lowest BCUT2D eigenvalue weighted by Crippen LogP contribution is -2.34. The van der Waals surface area contributed by atoms with Crippen LogP contribution in [0, 0.1) is 5.92 Å². The maximum Gasteiger partial charge on any atom is 0.321 e. The number of hydrogen-bond donors (Lipinski definition) is 3. The maximum absolute atomic E-state index is 11.5. The van der Waals surface area contributed by atoms with Gasteiger partial charge in [-0.2, -0.15) is 0 Å². The molecular formula is C12H19N3O3S. The molecule has 0 bridgehead atoms. The molecular weight excluding hydrogens is 266 g/mol. The highest BCUT2D eigenvalue weighted by Gasteiger charge is 2.18. The van der Waals surface area contributed by atoms with Gasteiger partial charge in [-0.25, -0.2) is 9.78 Å². The van der Waals surface area contributed by atoms with Crippen LogP contribution >= 0.6 is 11.3 Å². The van der Waals surface area contributed by atoms with Gasteiger partial charge in [0.15, 0.2) is 5.13 Å². The molecule has 19 heavy (non-hydrogen) atoms. The average molecular weight is 285 g/mol. The van der Waals surface area contributed by atoms with Crippen molar-refractivity contribution in [2.75, 3.05) is 11.9 Å². The average Bonchev–Trinajstić information content (AvgIpc) is 2.73. The molecule has 1 unspecified atom stereocenters. The Labute approximate surface area is 116 Å². The first kappa shape index (κ1) is 15.4. The molecule has 2 amide bonds. The molecule has 1 atom stereocenters. The molecule has 0 fully saturated rings. The van der Waals surface area contributed by atoms with Gasteiger partial charge in [-0.1, -0.05) is 27.7 Å². The van der Waals surface area contributed by atoms with Gasteiger partial charge in [0, 0.05) is 17.3 Å². The van der Waals surface area contributed by atoms with Gasteiger partial charge < -0.3 is 10.4 Å². The van der Waals surface area contributed by atoms with E-state index in [9.17, 15) is 9.59 Å². The van der Waals surface area contributed by atoms with E-state index in [-0.39, 0.29) is 12.0 Å². The Bertz CT molecular complexity index is 465. The summed E-state index contributed by atoms with van der Waals surface area (Å²) in [5.74, 6) is -1.56. The van der Waals surface area contributed by atoms with E-state index in [1.807, 2.05) is 26.2 Å². The highest BCUT2D eigenvalue weighted by molar-refractivity contribution is 7.13. The van der Waals surface area contributed by atoms with E-state index in [4.69, 9.17) is 5.11 Å². The number of anilines is 1. The van der Waals surface area contributed by atoms with Crippen LogP contribution in [-0.2, 0) is 10.2 Å². The van der Waals surface area contributed by atoms with Crippen LogP contribution in [0.15, 0.2) is 5.38 Å².